The number of nitrogens with one attached hydrogen (secondary N) is 1. The van der Waals surface area contributed by atoms with Crippen LogP contribution in [0.4, 0.5) is 0 Å². The van der Waals surface area contributed by atoms with Gasteiger partial charge in [0.15, 0.2) is 0 Å². The molecule has 1 aromatic heterocycles. The Morgan fingerprint density at radius 3 is 2.37 bits per heavy atom. The van der Waals surface area contributed by atoms with Crippen LogP contribution in [0.1, 0.15) is 46.5 Å². The number of carbonyl (C=O) groups excluding carboxylic acids is 2. The molecule has 1 amide bonds. The number of hydrogen-bond donors (Lipinski definition) is 3. The van der Waals surface area contributed by atoms with Gasteiger partial charge in [0, 0.05) is 42.3 Å². The zero-order chi connectivity index (χ0) is 34.6. The summed E-state index contributed by atoms with van der Waals surface area (Å²) in [5.74, 6) is 0.420. The highest BCUT2D eigenvalue weighted by Crippen LogP contribution is 2.31. The SMILES string of the molecule is CCOC(=O)CCNC(=O)c1cccc2c(Oc3ccc(C[C@@H](CO)N(Cc4ccccc4)C[C@@H](O)c4cccc(Cl)c4)cc3)ccnc12.Cl.Cl. The first-order valence-electron chi connectivity index (χ1n) is 16.2. The van der Waals surface area contributed by atoms with Crippen molar-refractivity contribution < 1.29 is 29.3 Å². The van der Waals surface area contributed by atoms with Crippen LogP contribution in [-0.2, 0) is 22.5 Å². The smallest absolute Gasteiger partial charge is 0.307 e. The van der Waals surface area contributed by atoms with E-state index in [1.54, 1.807) is 43.5 Å². The van der Waals surface area contributed by atoms with E-state index < -0.39 is 6.10 Å². The number of rotatable bonds is 16. The van der Waals surface area contributed by atoms with E-state index in [1.165, 1.54) is 0 Å². The molecule has 0 aliphatic heterocycles. The molecule has 0 saturated carbocycles. The van der Waals surface area contributed by atoms with Crippen molar-refractivity contribution in [1.29, 1.82) is 0 Å². The predicted molar refractivity (Wildman–Crippen MR) is 204 cm³/mol. The molecule has 270 valence electrons. The van der Waals surface area contributed by atoms with Crippen LogP contribution in [0, 0.1) is 0 Å². The summed E-state index contributed by atoms with van der Waals surface area (Å²) in [6, 6.07) is 31.6. The molecule has 5 rings (SSSR count). The van der Waals surface area contributed by atoms with Gasteiger partial charge in [-0.05, 0) is 72.5 Å². The first-order valence-corrected chi connectivity index (χ1v) is 16.6. The molecular weight excluding hydrogens is 713 g/mol. The van der Waals surface area contributed by atoms with Gasteiger partial charge in [0.1, 0.15) is 11.5 Å². The number of nitrogens with zero attached hydrogens (tertiary/aromatic N) is 2. The molecule has 3 N–H and O–H groups in total. The summed E-state index contributed by atoms with van der Waals surface area (Å²) in [6.45, 7) is 2.93. The van der Waals surface area contributed by atoms with E-state index >= 15 is 0 Å². The predicted octanol–water partition coefficient (Wildman–Crippen LogP) is 7.35. The van der Waals surface area contributed by atoms with Crippen LogP contribution < -0.4 is 10.1 Å². The van der Waals surface area contributed by atoms with Crippen molar-refractivity contribution in [2.24, 2.45) is 0 Å². The van der Waals surface area contributed by atoms with Crippen LogP contribution in [0.2, 0.25) is 5.02 Å². The number of esters is 1. The molecule has 9 nitrogen and oxygen atoms in total. The van der Waals surface area contributed by atoms with Crippen molar-refractivity contribution >= 4 is 59.2 Å². The molecular formula is C39H42Cl3N3O6. The van der Waals surface area contributed by atoms with Crippen LogP contribution in [-0.4, -0.2) is 64.3 Å². The lowest BCUT2D eigenvalue weighted by molar-refractivity contribution is -0.142. The van der Waals surface area contributed by atoms with E-state index in [1.807, 2.05) is 72.8 Å². The Kier molecular flexibility index (Phi) is 16.6. The third-order valence-electron chi connectivity index (χ3n) is 8.11. The number of halogens is 3. The number of aromatic nitrogens is 1. The molecule has 51 heavy (non-hydrogen) atoms. The second-order valence-corrected chi connectivity index (χ2v) is 12.0. The average molecular weight is 755 g/mol. The van der Waals surface area contributed by atoms with Crippen molar-refractivity contribution in [2.45, 2.75) is 38.5 Å². The Morgan fingerprint density at radius 2 is 1.67 bits per heavy atom. The minimum Gasteiger partial charge on any atom is -0.466 e. The standard InChI is InChI=1S/C39H40ClN3O6.2ClH/c1-2-48-37(46)19-21-42-39(47)34-13-7-12-33-36(18-20-41-38(33)34)49-32-16-14-27(15-17-32)22-31(26-44)43(24-28-8-4-3-5-9-28)25-35(45)29-10-6-11-30(40)23-29;;/h3-18,20,23,31,35,44-45H,2,19,21-22,24-26H2,1H3,(H,42,47);2*1H/t31-,35+;;/m0../s1. The van der Waals surface area contributed by atoms with Gasteiger partial charge in [-0.1, -0.05) is 72.3 Å². The van der Waals surface area contributed by atoms with Gasteiger partial charge in [-0.3, -0.25) is 19.5 Å². The molecule has 5 aromatic rings. The lowest BCUT2D eigenvalue weighted by atomic mass is 10.0. The lowest BCUT2D eigenvalue weighted by Gasteiger charge is -2.32. The van der Waals surface area contributed by atoms with E-state index in [0.29, 0.717) is 64.7 Å². The third-order valence-corrected chi connectivity index (χ3v) is 8.35. The number of amides is 1. The molecule has 0 aliphatic carbocycles. The molecule has 12 heteroatoms. The summed E-state index contributed by atoms with van der Waals surface area (Å²) in [7, 11) is 0. The molecule has 0 bridgehead atoms. The van der Waals surface area contributed by atoms with Crippen LogP contribution in [0.3, 0.4) is 0 Å². The first-order chi connectivity index (χ1) is 23.8. The minimum absolute atomic E-state index is 0. The minimum atomic E-state index is -0.793. The Labute approximate surface area is 315 Å². The first kappa shape index (κ1) is 41.2. The normalized spacial score (nSPS) is 11.9. The maximum atomic E-state index is 12.9. The van der Waals surface area contributed by atoms with Crippen LogP contribution in [0.25, 0.3) is 10.9 Å². The number of benzene rings is 4. The topological polar surface area (TPSA) is 121 Å². The van der Waals surface area contributed by atoms with E-state index in [2.05, 4.69) is 15.2 Å². The Bertz CT molecular complexity index is 1850. The Morgan fingerprint density at radius 1 is 0.922 bits per heavy atom. The van der Waals surface area contributed by atoms with Crippen molar-refractivity contribution in [3.8, 4) is 11.5 Å². The molecule has 1 heterocycles. The number of aliphatic hydroxyl groups is 2. The summed E-state index contributed by atoms with van der Waals surface area (Å²) in [4.78, 5) is 31.1. The fourth-order valence-electron chi connectivity index (χ4n) is 5.63. The average Bonchev–Trinajstić information content (AvgIpc) is 3.11. The molecule has 0 fully saturated rings. The Hall–Kier alpha value is -4.22. The zero-order valence-corrected chi connectivity index (χ0v) is 30.5. The number of para-hydroxylation sites is 1. The fraction of sp³-hybridized carbons (Fsp3) is 0.256. The monoisotopic (exact) mass is 753 g/mol. The molecule has 0 saturated heterocycles. The third kappa shape index (κ3) is 11.7. The van der Waals surface area contributed by atoms with Gasteiger partial charge >= 0.3 is 5.97 Å². The summed E-state index contributed by atoms with van der Waals surface area (Å²) in [5.41, 5.74) is 3.63. The van der Waals surface area contributed by atoms with Crippen molar-refractivity contribution in [2.75, 3.05) is 26.3 Å². The van der Waals surface area contributed by atoms with Gasteiger partial charge in [-0.15, -0.1) is 24.8 Å². The number of carbonyl (C=O) groups is 2. The molecule has 4 aromatic carbocycles. The van der Waals surface area contributed by atoms with Gasteiger partial charge in [0.05, 0.1) is 36.8 Å². The quantitative estimate of drug-likeness (QED) is 0.0896. The van der Waals surface area contributed by atoms with Gasteiger partial charge in [0.25, 0.3) is 5.91 Å². The number of aliphatic hydroxyl groups excluding tert-OH is 2. The van der Waals surface area contributed by atoms with Gasteiger partial charge < -0.3 is 25.0 Å². The van der Waals surface area contributed by atoms with E-state index in [-0.39, 0.29) is 62.3 Å². The summed E-state index contributed by atoms with van der Waals surface area (Å²) in [6.07, 6.45) is 1.42. The molecule has 0 spiro atoms. The molecule has 2 atom stereocenters. The van der Waals surface area contributed by atoms with Gasteiger partial charge in [0.2, 0.25) is 0 Å². The van der Waals surface area contributed by atoms with Crippen LogP contribution in [0.5, 0.6) is 11.5 Å². The highest BCUT2D eigenvalue weighted by atomic mass is 35.5. The highest BCUT2D eigenvalue weighted by molar-refractivity contribution is 6.30. The fourth-order valence-corrected chi connectivity index (χ4v) is 5.83. The number of fused-ring (bicyclic) bond motifs is 1. The maximum Gasteiger partial charge on any atom is 0.307 e. The van der Waals surface area contributed by atoms with E-state index in [0.717, 1.165) is 11.1 Å². The summed E-state index contributed by atoms with van der Waals surface area (Å²) in [5, 5.41) is 25.7. The van der Waals surface area contributed by atoms with Crippen molar-refractivity contribution in [3.63, 3.8) is 0 Å². The summed E-state index contributed by atoms with van der Waals surface area (Å²) >= 11 is 6.19. The highest BCUT2D eigenvalue weighted by Gasteiger charge is 2.23. The Balaban J connectivity index is 0.00000351. The maximum absolute atomic E-state index is 12.9. The largest absolute Gasteiger partial charge is 0.466 e. The number of ether oxygens (including phenoxy) is 2. The molecule has 0 aliphatic rings. The lowest BCUT2D eigenvalue weighted by Crippen LogP contribution is -2.41. The van der Waals surface area contributed by atoms with E-state index in [4.69, 9.17) is 21.1 Å². The number of hydrogen-bond acceptors (Lipinski definition) is 8. The molecule has 0 radical (unpaired) electrons. The van der Waals surface area contributed by atoms with Crippen LogP contribution in [0.15, 0.2) is 109 Å². The zero-order valence-electron chi connectivity index (χ0n) is 28.1. The van der Waals surface area contributed by atoms with E-state index in [9.17, 15) is 19.8 Å². The van der Waals surface area contributed by atoms with Crippen LogP contribution >= 0.6 is 36.4 Å². The number of pyridine rings is 1. The van der Waals surface area contributed by atoms with Crippen molar-refractivity contribution in [1.82, 2.24) is 15.2 Å². The molecule has 0 unspecified atom stereocenters. The van der Waals surface area contributed by atoms with Crippen molar-refractivity contribution in [3.05, 3.63) is 137 Å². The second kappa shape index (κ2) is 20.6. The summed E-state index contributed by atoms with van der Waals surface area (Å²) < 4.78 is 11.2. The van der Waals surface area contributed by atoms with Gasteiger partial charge in [-0.25, -0.2) is 0 Å². The second-order valence-electron chi connectivity index (χ2n) is 11.6. The van der Waals surface area contributed by atoms with Gasteiger partial charge in [-0.2, -0.15) is 0 Å².